The van der Waals surface area contributed by atoms with Crippen molar-refractivity contribution in [2.24, 2.45) is 5.92 Å². The molecule has 0 aromatic carbocycles. The summed E-state index contributed by atoms with van der Waals surface area (Å²) >= 11 is 0. The van der Waals surface area contributed by atoms with Crippen molar-refractivity contribution >= 4 is 0 Å². The molecule has 0 aromatic heterocycles. The lowest BCUT2D eigenvalue weighted by molar-refractivity contribution is -0.0608. The largest absolute Gasteiger partial charge is 0.376 e. The first-order valence-corrected chi connectivity index (χ1v) is 4.10. The van der Waals surface area contributed by atoms with Gasteiger partial charge in [0, 0.05) is 20.2 Å². The van der Waals surface area contributed by atoms with Crippen LogP contribution in [-0.4, -0.2) is 25.8 Å². The van der Waals surface area contributed by atoms with E-state index in [1.165, 1.54) is 19.3 Å². The lowest BCUT2D eigenvalue weighted by Gasteiger charge is -2.41. The molecule has 0 aromatic rings. The minimum absolute atomic E-state index is 0.237. The van der Waals surface area contributed by atoms with Crippen molar-refractivity contribution in [2.75, 3.05) is 20.2 Å². The van der Waals surface area contributed by atoms with Gasteiger partial charge in [-0.25, -0.2) is 0 Å². The van der Waals surface area contributed by atoms with Crippen molar-refractivity contribution in [3.05, 3.63) is 0 Å². The summed E-state index contributed by atoms with van der Waals surface area (Å²) in [7, 11) is 1.84. The maximum atomic E-state index is 5.46. The molecule has 2 nitrogen and oxygen atoms in total. The second-order valence-electron chi connectivity index (χ2n) is 3.64. The minimum Gasteiger partial charge on any atom is -0.376 e. The first kappa shape index (κ1) is 6.62. The molecular weight excluding hydrogens is 126 g/mol. The molecule has 1 heterocycles. The Labute approximate surface area is 61.9 Å². The van der Waals surface area contributed by atoms with Crippen LogP contribution in [0.5, 0.6) is 0 Å². The van der Waals surface area contributed by atoms with Crippen LogP contribution in [0.15, 0.2) is 0 Å². The first-order chi connectivity index (χ1) is 4.85. The quantitative estimate of drug-likeness (QED) is 0.627. The Bertz CT molecular complexity index is 122. The number of hydrogen-bond acceptors (Lipinski definition) is 2. The Morgan fingerprint density at radius 3 is 2.50 bits per heavy atom. The molecule has 0 unspecified atom stereocenters. The molecule has 1 aliphatic heterocycles. The van der Waals surface area contributed by atoms with Gasteiger partial charge in [0.1, 0.15) is 0 Å². The predicted molar refractivity (Wildman–Crippen MR) is 40.0 cm³/mol. The van der Waals surface area contributed by atoms with Crippen molar-refractivity contribution in [1.29, 1.82) is 0 Å². The maximum Gasteiger partial charge on any atom is 0.0928 e. The van der Waals surface area contributed by atoms with Gasteiger partial charge in [0.2, 0.25) is 0 Å². The van der Waals surface area contributed by atoms with E-state index in [1.807, 2.05) is 7.11 Å². The molecular formula is C8H15NO. The minimum atomic E-state index is 0.237. The van der Waals surface area contributed by atoms with Gasteiger partial charge < -0.3 is 10.1 Å². The van der Waals surface area contributed by atoms with Gasteiger partial charge in [-0.05, 0) is 12.3 Å². The summed E-state index contributed by atoms with van der Waals surface area (Å²) in [6, 6.07) is 0. The van der Waals surface area contributed by atoms with Gasteiger partial charge in [-0.2, -0.15) is 0 Å². The van der Waals surface area contributed by atoms with E-state index in [2.05, 4.69) is 5.32 Å². The van der Waals surface area contributed by atoms with Crippen LogP contribution >= 0.6 is 0 Å². The molecule has 1 saturated carbocycles. The van der Waals surface area contributed by atoms with Gasteiger partial charge in [0.05, 0.1) is 5.60 Å². The zero-order valence-corrected chi connectivity index (χ0v) is 6.52. The standard InChI is InChI=1S/C8H15NO/c1-10-8(5-9-6-8)4-7-2-3-7/h7,9H,2-6H2,1H3. The molecule has 0 spiro atoms. The lowest BCUT2D eigenvalue weighted by Crippen LogP contribution is -2.60. The Hall–Kier alpha value is -0.0800. The fraction of sp³-hybridized carbons (Fsp3) is 1.00. The third kappa shape index (κ3) is 1.06. The number of hydrogen-bond donors (Lipinski definition) is 1. The second kappa shape index (κ2) is 2.21. The summed E-state index contributed by atoms with van der Waals surface area (Å²) < 4.78 is 5.46. The molecule has 2 aliphatic rings. The van der Waals surface area contributed by atoms with E-state index in [-0.39, 0.29) is 5.60 Å². The summed E-state index contributed by atoms with van der Waals surface area (Å²) in [4.78, 5) is 0. The van der Waals surface area contributed by atoms with E-state index in [9.17, 15) is 0 Å². The molecule has 1 aliphatic carbocycles. The van der Waals surface area contributed by atoms with E-state index in [4.69, 9.17) is 4.74 Å². The molecule has 2 rings (SSSR count). The van der Waals surface area contributed by atoms with Gasteiger partial charge >= 0.3 is 0 Å². The summed E-state index contributed by atoms with van der Waals surface area (Å²) in [6.07, 6.45) is 4.16. The zero-order chi connectivity index (χ0) is 7.03. The zero-order valence-electron chi connectivity index (χ0n) is 6.52. The van der Waals surface area contributed by atoms with Gasteiger partial charge in [0.25, 0.3) is 0 Å². The molecule has 1 N–H and O–H groups in total. The number of nitrogens with one attached hydrogen (secondary N) is 1. The van der Waals surface area contributed by atoms with E-state index < -0.39 is 0 Å². The molecule has 0 radical (unpaired) electrons. The SMILES string of the molecule is COC1(CC2CC2)CNC1. The number of methoxy groups -OCH3 is 1. The highest BCUT2D eigenvalue weighted by atomic mass is 16.5. The predicted octanol–water partition coefficient (Wildman–Crippen LogP) is 0.775. The number of rotatable bonds is 3. The topological polar surface area (TPSA) is 21.3 Å². The normalized spacial score (nSPS) is 29.7. The van der Waals surface area contributed by atoms with Crippen LogP contribution in [0.3, 0.4) is 0 Å². The van der Waals surface area contributed by atoms with Gasteiger partial charge in [0.15, 0.2) is 0 Å². The first-order valence-electron chi connectivity index (χ1n) is 4.10. The lowest BCUT2D eigenvalue weighted by atomic mass is 9.90. The smallest absolute Gasteiger partial charge is 0.0928 e. The third-order valence-electron chi connectivity index (χ3n) is 2.68. The summed E-state index contributed by atoms with van der Waals surface area (Å²) in [5.41, 5.74) is 0.237. The molecule has 0 amide bonds. The highest BCUT2D eigenvalue weighted by Crippen LogP contribution is 2.39. The molecule has 58 valence electrons. The van der Waals surface area contributed by atoms with E-state index >= 15 is 0 Å². The van der Waals surface area contributed by atoms with Crippen LogP contribution in [0.4, 0.5) is 0 Å². The van der Waals surface area contributed by atoms with Crippen molar-refractivity contribution in [3.63, 3.8) is 0 Å². The molecule has 1 saturated heterocycles. The van der Waals surface area contributed by atoms with Crippen molar-refractivity contribution in [2.45, 2.75) is 24.9 Å². The maximum absolute atomic E-state index is 5.46. The third-order valence-corrected chi connectivity index (χ3v) is 2.68. The Balaban J connectivity index is 1.84. The average molecular weight is 141 g/mol. The summed E-state index contributed by atoms with van der Waals surface area (Å²) in [6.45, 7) is 2.14. The monoisotopic (exact) mass is 141 g/mol. The summed E-state index contributed by atoms with van der Waals surface area (Å²) in [5, 5.41) is 3.26. The fourth-order valence-corrected chi connectivity index (χ4v) is 1.62. The molecule has 10 heavy (non-hydrogen) atoms. The van der Waals surface area contributed by atoms with Crippen LogP contribution in [0.2, 0.25) is 0 Å². The van der Waals surface area contributed by atoms with Crippen molar-refractivity contribution in [1.82, 2.24) is 5.32 Å². The van der Waals surface area contributed by atoms with Crippen LogP contribution in [0, 0.1) is 5.92 Å². The van der Waals surface area contributed by atoms with Crippen molar-refractivity contribution < 1.29 is 4.74 Å². The van der Waals surface area contributed by atoms with Gasteiger partial charge in [-0.1, -0.05) is 12.8 Å². The van der Waals surface area contributed by atoms with E-state index in [1.54, 1.807) is 0 Å². The van der Waals surface area contributed by atoms with Crippen LogP contribution < -0.4 is 5.32 Å². The molecule has 0 atom stereocenters. The Morgan fingerprint density at radius 2 is 2.20 bits per heavy atom. The second-order valence-corrected chi connectivity index (χ2v) is 3.64. The summed E-state index contributed by atoms with van der Waals surface area (Å²) in [5.74, 6) is 0.988. The number of ether oxygens (including phenoxy) is 1. The fourth-order valence-electron chi connectivity index (χ4n) is 1.62. The van der Waals surface area contributed by atoms with Crippen LogP contribution in [-0.2, 0) is 4.74 Å². The Morgan fingerprint density at radius 1 is 1.50 bits per heavy atom. The van der Waals surface area contributed by atoms with Crippen LogP contribution in [0.25, 0.3) is 0 Å². The molecule has 2 heteroatoms. The molecule has 0 bridgehead atoms. The van der Waals surface area contributed by atoms with Crippen molar-refractivity contribution in [3.8, 4) is 0 Å². The highest BCUT2D eigenvalue weighted by Gasteiger charge is 2.41. The van der Waals surface area contributed by atoms with E-state index in [0.29, 0.717) is 0 Å². The van der Waals surface area contributed by atoms with Gasteiger partial charge in [-0.15, -0.1) is 0 Å². The van der Waals surface area contributed by atoms with Crippen LogP contribution in [0.1, 0.15) is 19.3 Å². The molecule has 2 fully saturated rings. The van der Waals surface area contributed by atoms with Gasteiger partial charge in [-0.3, -0.25) is 0 Å². The average Bonchev–Trinajstić information content (AvgIpc) is 2.62. The van der Waals surface area contributed by atoms with E-state index in [0.717, 1.165) is 19.0 Å². The Kier molecular flexibility index (Phi) is 1.46. The highest BCUT2D eigenvalue weighted by molar-refractivity contribution is 4.98.